The second-order valence-electron chi connectivity index (χ2n) is 8.26. The summed E-state index contributed by atoms with van der Waals surface area (Å²) >= 11 is 0. The van der Waals surface area contributed by atoms with E-state index in [1.807, 2.05) is 16.9 Å². The minimum atomic E-state index is -3.55. The molecular formula is C24H33NO8S. The molecule has 1 saturated carbocycles. The minimum absolute atomic E-state index is 0.0118. The van der Waals surface area contributed by atoms with Gasteiger partial charge < -0.3 is 19.7 Å². The standard InChI is InChI=1S/C24H33NO8S/c1-32-18-8-7-9-19(14-18)33-16-17(26)12-13-21-20(22(27)15-23(21)28)10-5-3-4-6-11-24(29)25-34(2,30)31/h3,5,7-9,12-14,17,20-21,23,26,28H,4,6,10-11,15-16H2,1-2H3,(H,25,29)/b5-3-,13-12+/t17-,20-,21?,23-/m1/s1. The van der Waals surface area contributed by atoms with Crippen molar-refractivity contribution in [3.63, 3.8) is 0 Å². The van der Waals surface area contributed by atoms with Gasteiger partial charge in [0.2, 0.25) is 15.9 Å². The van der Waals surface area contributed by atoms with Crippen LogP contribution in [-0.2, 0) is 19.6 Å². The van der Waals surface area contributed by atoms with Crippen molar-refractivity contribution in [2.45, 2.75) is 44.3 Å². The Morgan fingerprint density at radius 2 is 2.03 bits per heavy atom. The number of hydrogen-bond acceptors (Lipinski definition) is 8. The van der Waals surface area contributed by atoms with Gasteiger partial charge in [-0.05, 0) is 31.4 Å². The highest BCUT2D eigenvalue weighted by atomic mass is 32.2. The number of unbranched alkanes of at least 4 members (excludes halogenated alkanes) is 1. The predicted molar refractivity (Wildman–Crippen MR) is 127 cm³/mol. The molecule has 1 fully saturated rings. The Bertz CT molecular complexity index is 988. The lowest BCUT2D eigenvalue weighted by atomic mass is 9.90. The number of methoxy groups -OCH3 is 1. The molecule has 0 radical (unpaired) electrons. The van der Waals surface area contributed by atoms with Gasteiger partial charge in [-0.15, -0.1) is 0 Å². The van der Waals surface area contributed by atoms with Crippen LogP contribution < -0.4 is 14.2 Å². The Hall–Kier alpha value is -2.69. The van der Waals surface area contributed by atoms with Gasteiger partial charge in [-0.25, -0.2) is 8.42 Å². The Balaban J connectivity index is 1.80. The second kappa shape index (κ2) is 13.3. The van der Waals surface area contributed by atoms with E-state index < -0.39 is 40.0 Å². The van der Waals surface area contributed by atoms with Gasteiger partial charge in [0, 0.05) is 30.7 Å². The number of Topliss-reactive ketones (excluding diaryl/α,β-unsaturated/α-hetero) is 1. The maximum absolute atomic E-state index is 12.3. The summed E-state index contributed by atoms with van der Waals surface area (Å²) in [4.78, 5) is 23.8. The number of aliphatic hydroxyl groups is 2. The number of carbonyl (C=O) groups excluding carboxylic acids is 2. The van der Waals surface area contributed by atoms with Crippen molar-refractivity contribution >= 4 is 21.7 Å². The first-order valence-corrected chi connectivity index (χ1v) is 13.0. The molecule has 0 bridgehead atoms. The quantitative estimate of drug-likeness (QED) is 0.278. The number of benzene rings is 1. The Morgan fingerprint density at radius 3 is 2.74 bits per heavy atom. The van der Waals surface area contributed by atoms with Crippen molar-refractivity contribution in [1.82, 2.24) is 4.72 Å². The molecule has 2 rings (SSSR count). The molecule has 0 aromatic heterocycles. The number of allylic oxidation sites excluding steroid dienone is 2. The molecule has 1 unspecified atom stereocenters. The van der Waals surface area contributed by atoms with E-state index in [0.29, 0.717) is 30.8 Å². The van der Waals surface area contributed by atoms with Gasteiger partial charge in [-0.2, -0.15) is 0 Å². The Kier molecular flexibility index (Phi) is 10.7. The number of ether oxygens (including phenoxy) is 2. The monoisotopic (exact) mass is 495 g/mol. The molecule has 1 aliphatic carbocycles. The number of ketones is 1. The number of rotatable bonds is 13. The molecule has 34 heavy (non-hydrogen) atoms. The van der Waals surface area contributed by atoms with Crippen LogP contribution in [0.2, 0.25) is 0 Å². The molecule has 1 aromatic carbocycles. The molecule has 1 aliphatic rings. The van der Waals surface area contributed by atoms with Gasteiger partial charge in [-0.1, -0.05) is 30.4 Å². The normalized spacial score (nSPS) is 21.8. The molecule has 4 atom stereocenters. The van der Waals surface area contributed by atoms with Gasteiger partial charge in [0.25, 0.3) is 0 Å². The largest absolute Gasteiger partial charge is 0.497 e. The second-order valence-corrected chi connectivity index (χ2v) is 10.0. The zero-order valence-corrected chi connectivity index (χ0v) is 20.2. The highest BCUT2D eigenvalue weighted by Gasteiger charge is 2.39. The maximum atomic E-state index is 12.3. The first-order chi connectivity index (χ1) is 16.1. The van der Waals surface area contributed by atoms with Crippen molar-refractivity contribution in [1.29, 1.82) is 0 Å². The zero-order chi connectivity index (χ0) is 25.1. The van der Waals surface area contributed by atoms with Crippen LogP contribution >= 0.6 is 0 Å². The van der Waals surface area contributed by atoms with Crippen LogP contribution in [0.4, 0.5) is 0 Å². The van der Waals surface area contributed by atoms with Crippen molar-refractivity contribution in [3.8, 4) is 11.5 Å². The van der Waals surface area contributed by atoms with Crippen LogP contribution in [-0.4, -0.2) is 62.5 Å². The van der Waals surface area contributed by atoms with E-state index in [4.69, 9.17) is 9.47 Å². The van der Waals surface area contributed by atoms with Gasteiger partial charge in [0.05, 0.1) is 19.5 Å². The maximum Gasteiger partial charge on any atom is 0.233 e. The first-order valence-electron chi connectivity index (χ1n) is 11.1. The molecule has 9 nitrogen and oxygen atoms in total. The Morgan fingerprint density at radius 1 is 1.29 bits per heavy atom. The van der Waals surface area contributed by atoms with Crippen LogP contribution in [0.3, 0.4) is 0 Å². The summed E-state index contributed by atoms with van der Waals surface area (Å²) in [7, 11) is -2.00. The number of amides is 1. The average Bonchev–Trinajstić information content (AvgIpc) is 3.04. The number of sulfonamides is 1. The number of carbonyl (C=O) groups is 2. The summed E-state index contributed by atoms with van der Waals surface area (Å²) in [5, 5.41) is 20.5. The third kappa shape index (κ3) is 9.66. The van der Waals surface area contributed by atoms with E-state index in [2.05, 4.69) is 0 Å². The van der Waals surface area contributed by atoms with Crippen molar-refractivity contribution in [3.05, 3.63) is 48.6 Å². The van der Waals surface area contributed by atoms with Gasteiger partial charge in [0.1, 0.15) is 30.0 Å². The lowest BCUT2D eigenvalue weighted by Gasteiger charge is -2.17. The summed E-state index contributed by atoms with van der Waals surface area (Å²) < 4.78 is 34.6. The van der Waals surface area contributed by atoms with Crippen LogP contribution in [0.15, 0.2) is 48.6 Å². The molecule has 0 saturated heterocycles. The Labute approximate surface area is 200 Å². The van der Waals surface area contributed by atoms with E-state index in [1.165, 1.54) is 6.08 Å². The van der Waals surface area contributed by atoms with Gasteiger partial charge in [0.15, 0.2) is 0 Å². The number of hydrogen-bond donors (Lipinski definition) is 3. The summed E-state index contributed by atoms with van der Waals surface area (Å²) in [6, 6.07) is 7.01. The fourth-order valence-corrected chi connectivity index (χ4v) is 4.23. The SMILES string of the molecule is COc1cccc(OC[C@H](O)/C=C/C2[C@H](O)CC(=O)[C@@H]2C/C=C\CCCC(=O)NS(C)(=O)=O)c1. The average molecular weight is 496 g/mol. The third-order valence-corrected chi connectivity index (χ3v) is 5.98. The number of aliphatic hydroxyl groups excluding tert-OH is 2. The predicted octanol–water partition coefficient (Wildman–Crippen LogP) is 1.75. The first kappa shape index (κ1) is 27.6. The third-order valence-electron chi connectivity index (χ3n) is 5.38. The molecule has 1 amide bonds. The van der Waals surface area contributed by atoms with E-state index in [1.54, 1.807) is 37.5 Å². The van der Waals surface area contributed by atoms with Gasteiger partial charge in [-0.3, -0.25) is 14.3 Å². The zero-order valence-electron chi connectivity index (χ0n) is 19.4. The van der Waals surface area contributed by atoms with Crippen molar-refractivity contribution in [2.24, 2.45) is 11.8 Å². The van der Waals surface area contributed by atoms with Crippen LogP contribution in [0.5, 0.6) is 11.5 Å². The van der Waals surface area contributed by atoms with Crippen molar-refractivity contribution < 1.29 is 37.7 Å². The van der Waals surface area contributed by atoms with Gasteiger partial charge >= 0.3 is 0 Å². The fourth-order valence-electron chi connectivity index (χ4n) is 3.71. The van der Waals surface area contributed by atoms with E-state index in [9.17, 15) is 28.2 Å². The summed E-state index contributed by atoms with van der Waals surface area (Å²) in [6.07, 6.45) is 7.68. The molecular weight excluding hydrogens is 462 g/mol. The smallest absolute Gasteiger partial charge is 0.233 e. The lowest BCUT2D eigenvalue weighted by molar-refractivity contribution is -0.121. The summed E-state index contributed by atoms with van der Waals surface area (Å²) in [6.45, 7) is 0.0118. The summed E-state index contributed by atoms with van der Waals surface area (Å²) in [5.74, 6) is -0.208. The molecule has 3 N–H and O–H groups in total. The van der Waals surface area contributed by atoms with E-state index in [-0.39, 0.29) is 25.2 Å². The molecule has 0 heterocycles. The topological polar surface area (TPSA) is 139 Å². The van der Waals surface area contributed by atoms with Crippen LogP contribution in [0.1, 0.15) is 32.1 Å². The number of nitrogens with one attached hydrogen (secondary N) is 1. The molecule has 10 heteroatoms. The highest BCUT2D eigenvalue weighted by Crippen LogP contribution is 2.33. The minimum Gasteiger partial charge on any atom is -0.497 e. The molecule has 1 aromatic rings. The lowest BCUT2D eigenvalue weighted by Crippen LogP contribution is -2.28. The fraction of sp³-hybridized carbons (Fsp3) is 0.500. The molecule has 0 aliphatic heterocycles. The highest BCUT2D eigenvalue weighted by molar-refractivity contribution is 7.89. The molecule has 188 valence electrons. The van der Waals surface area contributed by atoms with Crippen LogP contribution in [0.25, 0.3) is 0 Å². The van der Waals surface area contributed by atoms with E-state index >= 15 is 0 Å². The summed E-state index contributed by atoms with van der Waals surface area (Å²) in [5.41, 5.74) is 0. The van der Waals surface area contributed by atoms with E-state index in [0.717, 1.165) is 6.26 Å². The van der Waals surface area contributed by atoms with Crippen molar-refractivity contribution in [2.75, 3.05) is 20.0 Å². The van der Waals surface area contributed by atoms with Crippen LogP contribution in [0, 0.1) is 11.8 Å². The molecule has 0 spiro atoms.